The molecular weight excluding hydrogens is 294 g/mol. The Bertz CT molecular complexity index is 701. The first kappa shape index (κ1) is 14.7. The number of nitrogens with zero attached hydrogens (tertiary/aromatic N) is 3. The van der Waals surface area contributed by atoms with Crippen molar-refractivity contribution in [3.63, 3.8) is 0 Å². The Balaban J connectivity index is 2.29. The average Bonchev–Trinajstić information content (AvgIpc) is 2.97. The standard InChI is InChI=1S/C13H13N3O2S2/c1-2-16(10-12-4-3-7-19-12)20(17,18)13-6-5-11(8-14)15-9-13/h3-7,9H,2,10H2,1H3. The van der Waals surface area contributed by atoms with E-state index >= 15 is 0 Å². The molecule has 104 valence electrons. The van der Waals surface area contributed by atoms with Crippen LogP contribution in [0.4, 0.5) is 0 Å². The molecule has 2 aromatic rings. The van der Waals surface area contributed by atoms with Gasteiger partial charge in [-0.1, -0.05) is 13.0 Å². The third kappa shape index (κ3) is 3.04. The van der Waals surface area contributed by atoms with Gasteiger partial charge < -0.3 is 0 Å². The average molecular weight is 307 g/mol. The summed E-state index contributed by atoms with van der Waals surface area (Å²) in [5.41, 5.74) is 0.199. The van der Waals surface area contributed by atoms with E-state index in [4.69, 9.17) is 5.26 Å². The molecule has 0 radical (unpaired) electrons. The highest BCUT2D eigenvalue weighted by atomic mass is 32.2. The molecular formula is C13H13N3O2S2. The minimum absolute atomic E-state index is 0.106. The second-order valence-corrected chi connectivity index (χ2v) is 6.97. The van der Waals surface area contributed by atoms with Gasteiger partial charge in [0.25, 0.3) is 0 Å². The van der Waals surface area contributed by atoms with Gasteiger partial charge in [-0.05, 0) is 23.6 Å². The van der Waals surface area contributed by atoms with E-state index < -0.39 is 10.0 Å². The van der Waals surface area contributed by atoms with Crippen LogP contribution in [0.3, 0.4) is 0 Å². The number of aromatic nitrogens is 1. The molecule has 0 fully saturated rings. The van der Waals surface area contributed by atoms with Gasteiger partial charge in [-0.2, -0.15) is 9.57 Å². The van der Waals surface area contributed by atoms with Gasteiger partial charge in [-0.25, -0.2) is 13.4 Å². The van der Waals surface area contributed by atoms with Gasteiger partial charge in [0, 0.05) is 24.2 Å². The van der Waals surface area contributed by atoms with Gasteiger partial charge in [0.15, 0.2) is 0 Å². The van der Waals surface area contributed by atoms with Crippen LogP contribution in [0.1, 0.15) is 17.5 Å². The number of nitriles is 1. The van der Waals surface area contributed by atoms with Gasteiger partial charge in [-0.3, -0.25) is 0 Å². The Morgan fingerprint density at radius 1 is 1.40 bits per heavy atom. The maximum atomic E-state index is 12.5. The maximum absolute atomic E-state index is 12.5. The number of hydrogen-bond acceptors (Lipinski definition) is 5. The molecule has 0 aliphatic rings. The Hall–Kier alpha value is -1.75. The molecule has 0 unspecified atom stereocenters. The predicted molar refractivity (Wildman–Crippen MR) is 76.5 cm³/mol. The van der Waals surface area contributed by atoms with Crippen molar-refractivity contribution in [1.82, 2.24) is 9.29 Å². The lowest BCUT2D eigenvalue weighted by atomic mass is 10.4. The van der Waals surface area contributed by atoms with E-state index in [1.807, 2.05) is 23.6 Å². The highest BCUT2D eigenvalue weighted by molar-refractivity contribution is 7.89. The topological polar surface area (TPSA) is 74.1 Å². The van der Waals surface area contributed by atoms with Crippen LogP contribution in [-0.4, -0.2) is 24.3 Å². The fraction of sp³-hybridized carbons (Fsp3) is 0.231. The molecule has 2 rings (SSSR count). The fourth-order valence-electron chi connectivity index (χ4n) is 1.69. The zero-order chi connectivity index (χ0) is 14.6. The lowest BCUT2D eigenvalue weighted by molar-refractivity contribution is 0.426. The summed E-state index contributed by atoms with van der Waals surface area (Å²) in [6, 6.07) is 8.49. The van der Waals surface area contributed by atoms with E-state index in [0.29, 0.717) is 13.1 Å². The summed E-state index contributed by atoms with van der Waals surface area (Å²) in [6.45, 7) is 2.51. The van der Waals surface area contributed by atoms with Gasteiger partial charge in [0.1, 0.15) is 16.7 Å². The molecule has 0 saturated carbocycles. The third-order valence-corrected chi connectivity index (χ3v) is 5.52. The van der Waals surface area contributed by atoms with Crippen molar-refractivity contribution in [2.45, 2.75) is 18.4 Å². The van der Waals surface area contributed by atoms with Gasteiger partial charge >= 0.3 is 0 Å². The van der Waals surface area contributed by atoms with E-state index in [-0.39, 0.29) is 10.6 Å². The predicted octanol–water partition coefficient (Wildman–Crippen LogP) is 2.23. The fourth-order valence-corrected chi connectivity index (χ4v) is 3.87. The molecule has 2 heterocycles. The zero-order valence-corrected chi connectivity index (χ0v) is 12.5. The first-order valence-electron chi connectivity index (χ1n) is 5.96. The van der Waals surface area contributed by atoms with Crippen LogP contribution >= 0.6 is 11.3 Å². The van der Waals surface area contributed by atoms with Crippen molar-refractivity contribution in [3.8, 4) is 6.07 Å². The summed E-state index contributed by atoms with van der Waals surface area (Å²) >= 11 is 1.52. The molecule has 0 atom stereocenters. The molecule has 0 saturated heterocycles. The first-order valence-corrected chi connectivity index (χ1v) is 8.28. The van der Waals surface area contributed by atoms with E-state index in [0.717, 1.165) is 4.88 Å². The second-order valence-electron chi connectivity index (χ2n) is 4.00. The van der Waals surface area contributed by atoms with Crippen molar-refractivity contribution in [2.75, 3.05) is 6.54 Å². The summed E-state index contributed by atoms with van der Waals surface area (Å²) in [5, 5.41) is 10.6. The molecule has 0 spiro atoms. The summed E-state index contributed by atoms with van der Waals surface area (Å²) in [4.78, 5) is 4.90. The molecule has 0 aliphatic heterocycles. The summed E-state index contributed by atoms with van der Waals surface area (Å²) in [6.07, 6.45) is 1.23. The van der Waals surface area contributed by atoms with E-state index in [2.05, 4.69) is 4.98 Å². The zero-order valence-electron chi connectivity index (χ0n) is 10.9. The Morgan fingerprint density at radius 2 is 2.20 bits per heavy atom. The van der Waals surface area contributed by atoms with Crippen molar-refractivity contribution < 1.29 is 8.42 Å². The normalized spacial score (nSPS) is 11.4. The monoisotopic (exact) mass is 307 g/mol. The number of thiophene rings is 1. The maximum Gasteiger partial charge on any atom is 0.244 e. The SMILES string of the molecule is CCN(Cc1cccs1)S(=O)(=O)c1ccc(C#N)nc1. The van der Waals surface area contributed by atoms with Crippen LogP contribution in [0, 0.1) is 11.3 Å². The quantitative estimate of drug-likeness (QED) is 0.849. The molecule has 0 amide bonds. The molecule has 7 heteroatoms. The first-order chi connectivity index (χ1) is 9.57. The van der Waals surface area contributed by atoms with Gasteiger partial charge in [0.05, 0.1) is 0 Å². The second kappa shape index (κ2) is 6.13. The van der Waals surface area contributed by atoms with Crippen molar-refractivity contribution in [2.24, 2.45) is 0 Å². The van der Waals surface area contributed by atoms with E-state index in [1.165, 1.54) is 34.0 Å². The molecule has 5 nitrogen and oxygen atoms in total. The lowest BCUT2D eigenvalue weighted by Gasteiger charge is -2.19. The summed E-state index contributed by atoms with van der Waals surface area (Å²) in [5.74, 6) is 0. The number of hydrogen-bond donors (Lipinski definition) is 0. The highest BCUT2D eigenvalue weighted by Gasteiger charge is 2.23. The highest BCUT2D eigenvalue weighted by Crippen LogP contribution is 2.19. The summed E-state index contributed by atoms with van der Waals surface area (Å²) in [7, 11) is -3.58. The minimum Gasteiger partial charge on any atom is -0.244 e. The number of pyridine rings is 1. The van der Waals surface area contributed by atoms with Crippen LogP contribution in [0.2, 0.25) is 0 Å². The molecule has 2 aromatic heterocycles. The molecule has 0 N–H and O–H groups in total. The molecule has 0 aliphatic carbocycles. The van der Waals surface area contributed by atoms with E-state index in [1.54, 1.807) is 6.92 Å². The number of rotatable bonds is 5. The number of sulfonamides is 1. The largest absolute Gasteiger partial charge is 0.244 e. The Labute approximate surface area is 122 Å². The lowest BCUT2D eigenvalue weighted by Crippen LogP contribution is -2.30. The minimum atomic E-state index is -3.58. The van der Waals surface area contributed by atoms with Crippen LogP contribution < -0.4 is 0 Å². The van der Waals surface area contributed by atoms with Crippen molar-refractivity contribution in [3.05, 3.63) is 46.4 Å². The van der Waals surface area contributed by atoms with Crippen LogP contribution in [-0.2, 0) is 16.6 Å². The van der Waals surface area contributed by atoms with E-state index in [9.17, 15) is 8.42 Å². The van der Waals surface area contributed by atoms with Gasteiger partial charge in [0.2, 0.25) is 10.0 Å². The smallest absolute Gasteiger partial charge is 0.244 e. The van der Waals surface area contributed by atoms with Crippen molar-refractivity contribution >= 4 is 21.4 Å². The molecule has 20 heavy (non-hydrogen) atoms. The van der Waals surface area contributed by atoms with Crippen molar-refractivity contribution in [1.29, 1.82) is 5.26 Å². The third-order valence-electron chi connectivity index (χ3n) is 2.75. The molecule has 0 aromatic carbocycles. The molecule has 0 bridgehead atoms. The Kier molecular flexibility index (Phi) is 4.49. The van der Waals surface area contributed by atoms with Crippen LogP contribution in [0.5, 0.6) is 0 Å². The van der Waals surface area contributed by atoms with Crippen LogP contribution in [0.25, 0.3) is 0 Å². The summed E-state index contributed by atoms with van der Waals surface area (Å²) < 4.78 is 26.4. The van der Waals surface area contributed by atoms with Gasteiger partial charge in [-0.15, -0.1) is 11.3 Å². The van der Waals surface area contributed by atoms with Crippen LogP contribution in [0.15, 0.2) is 40.7 Å². The Morgan fingerprint density at radius 3 is 2.70 bits per heavy atom.